The fraction of sp³-hybridized carbons (Fsp3) is 0.267. The number of thiazole rings is 1. The zero-order valence-electron chi connectivity index (χ0n) is 11.9. The second kappa shape index (κ2) is 7.38. The smallest absolute Gasteiger partial charge is 0.330 e. The summed E-state index contributed by atoms with van der Waals surface area (Å²) >= 11 is 7.07. The van der Waals surface area contributed by atoms with Gasteiger partial charge in [0.25, 0.3) is 5.91 Å². The van der Waals surface area contributed by atoms with E-state index in [2.05, 4.69) is 10.3 Å². The van der Waals surface area contributed by atoms with Crippen molar-refractivity contribution in [3.8, 4) is 0 Å². The lowest BCUT2D eigenvalue weighted by molar-refractivity contribution is -0.139. The van der Waals surface area contributed by atoms with Crippen LogP contribution in [0.2, 0.25) is 5.02 Å². The summed E-state index contributed by atoms with van der Waals surface area (Å²) in [7, 11) is 0. The van der Waals surface area contributed by atoms with Crippen molar-refractivity contribution in [3.05, 3.63) is 50.9 Å². The van der Waals surface area contributed by atoms with Gasteiger partial charge in [0.15, 0.2) is 6.04 Å². The Morgan fingerprint density at radius 1 is 1.36 bits per heavy atom. The number of nitrogens with zero attached hydrogens (tertiary/aromatic N) is 1. The quantitative estimate of drug-likeness (QED) is 0.847. The zero-order valence-corrected chi connectivity index (χ0v) is 13.4. The summed E-state index contributed by atoms with van der Waals surface area (Å²) in [6.45, 7) is 2.03. The molecular weight excluding hydrogens is 324 g/mol. The van der Waals surface area contributed by atoms with Gasteiger partial charge in [-0.3, -0.25) is 4.79 Å². The summed E-state index contributed by atoms with van der Waals surface area (Å²) in [5.41, 5.74) is 0.462. The summed E-state index contributed by atoms with van der Waals surface area (Å²) in [6, 6.07) is 5.21. The van der Waals surface area contributed by atoms with E-state index in [0.29, 0.717) is 15.5 Å². The zero-order chi connectivity index (χ0) is 16.1. The molecule has 2 N–H and O–H groups in total. The van der Waals surface area contributed by atoms with Crippen molar-refractivity contribution < 1.29 is 14.7 Å². The molecule has 0 saturated carbocycles. The van der Waals surface area contributed by atoms with E-state index in [0.717, 1.165) is 17.8 Å². The molecule has 2 rings (SSSR count). The standard InChI is InChI=1S/C15H15ClN2O3S/c1-2-3-12-17-8-11(22-12)14(19)18-13(15(20)21)9-4-6-10(16)7-5-9/h4-8,13H,2-3H2,1H3,(H,18,19)(H,20,21). The Morgan fingerprint density at radius 3 is 2.64 bits per heavy atom. The van der Waals surface area contributed by atoms with E-state index < -0.39 is 17.9 Å². The van der Waals surface area contributed by atoms with Gasteiger partial charge in [0, 0.05) is 5.02 Å². The third-order valence-electron chi connectivity index (χ3n) is 2.97. The highest BCUT2D eigenvalue weighted by molar-refractivity contribution is 7.13. The van der Waals surface area contributed by atoms with Gasteiger partial charge >= 0.3 is 5.97 Å². The largest absolute Gasteiger partial charge is 0.479 e. The fourth-order valence-corrected chi connectivity index (χ4v) is 2.94. The minimum absolute atomic E-state index is 0.406. The maximum Gasteiger partial charge on any atom is 0.330 e. The van der Waals surface area contributed by atoms with Gasteiger partial charge in [0.1, 0.15) is 4.88 Å². The molecule has 1 heterocycles. The maximum atomic E-state index is 12.2. The number of amides is 1. The normalized spacial score (nSPS) is 11.9. The first-order chi connectivity index (χ1) is 10.5. The molecule has 0 saturated heterocycles. The van der Waals surface area contributed by atoms with Crippen molar-refractivity contribution in [2.24, 2.45) is 0 Å². The molecular formula is C15H15ClN2O3S. The van der Waals surface area contributed by atoms with E-state index in [-0.39, 0.29) is 0 Å². The topological polar surface area (TPSA) is 79.3 Å². The summed E-state index contributed by atoms with van der Waals surface area (Å²) in [4.78, 5) is 28.1. The average molecular weight is 339 g/mol. The molecule has 0 aliphatic heterocycles. The van der Waals surface area contributed by atoms with Crippen molar-refractivity contribution in [2.75, 3.05) is 0 Å². The number of carboxylic acid groups (broad SMARTS) is 1. The van der Waals surface area contributed by atoms with E-state index >= 15 is 0 Å². The second-order valence-corrected chi connectivity index (χ2v) is 6.22. The highest BCUT2D eigenvalue weighted by atomic mass is 35.5. The third kappa shape index (κ3) is 4.05. The number of halogens is 1. The monoisotopic (exact) mass is 338 g/mol. The fourth-order valence-electron chi connectivity index (χ4n) is 1.89. The Morgan fingerprint density at radius 2 is 2.05 bits per heavy atom. The van der Waals surface area contributed by atoms with Crippen LogP contribution in [0.1, 0.15) is 39.6 Å². The Kier molecular flexibility index (Phi) is 5.51. The molecule has 0 radical (unpaired) electrons. The molecule has 2 aromatic rings. The summed E-state index contributed by atoms with van der Waals surface area (Å²) < 4.78 is 0. The lowest BCUT2D eigenvalue weighted by atomic mass is 10.1. The number of aliphatic carboxylic acids is 1. The van der Waals surface area contributed by atoms with Gasteiger partial charge in [-0.1, -0.05) is 30.7 Å². The van der Waals surface area contributed by atoms with Crippen molar-refractivity contribution in [1.29, 1.82) is 0 Å². The van der Waals surface area contributed by atoms with Gasteiger partial charge in [-0.25, -0.2) is 9.78 Å². The van der Waals surface area contributed by atoms with Crippen LogP contribution in [0, 0.1) is 0 Å². The van der Waals surface area contributed by atoms with E-state index in [4.69, 9.17) is 11.6 Å². The molecule has 7 heteroatoms. The first-order valence-electron chi connectivity index (χ1n) is 6.75. The average Bonchev–Trinajstić information content (AvgIpc) is 2.94. The van der Waals surface area contributed by atoms with Crippen LogP contribution in [-0.2, 0) is 11.2 Å². The van der Waals surface area contributed by atoms with Crippen molar-refractivity contribution >= 4 is 34.8 Å². The van der Waals surface area contributed by atoms with Crippen molar-refractivity contribution in [2.45, 2.75) is 25.8 Å². The van der Waals surface area contributed by atoms with Crippen LogP contribution in [0.5, 0.6) is 0 Å². The van der Waals surface area contributed by atoms with Crippen molar-refractivity contribution in [3.63, 3.8) is 0 Å². The number of nitrogens with one attached hydrogen (secondary N) is 1. The van der Waals surface area contributed by atoms with Gasteiger partial charge in [-0.15, -0.1) is 11.3 Å². The predicted molar refractivity (Wildman–Crippen MR) is 85.4 cm³/mol. The van der Waals surface area contributed by atoms with E-state index in [1.54, 1.807) is 24.3 Å². The molecule has 0 aliphatic carbocycles. The van der Waals surface area contributed by atoms with Crippen LogP contribution in [0.4, 0.5) is 0 Å². The number of rotatable bonds is 6. The van der Waals surface area contributed by atoms with Crippen molar-refractivity contribution in [1.82, 2.24) is 10.3 Å². The highest BCUT2D eigenvalue weighted by Gasteiger charge is 2.23. The molecule has 1 aromatic heterocycles. The molecule has 5 nitrogen and oxygen atoms in total. The predicted octanol–water partition coefficient (Wildman–Crippen LogP) is 3.30. The summed E-state index contributed by atoms with van der Waals surface area (Å²) in [5.74, 6) is -1.57. The number of carboxylic acids is 1. The van der Waals surface area contributed by atoms with Crippen LogP contribution in [0.3, 0.4) is 0 Å². The summed E-state index contributed by atoms with van der Waals surface area (Å²) in [6.07, 6.45) is 3.22. The molecule has 1 unspecified atom stereocenters. The van der Waals surface area contributed by atoms with Gasteiger partial charge in [-0.05, 0) is 30.5 Å². The molecule has 0 spiro atoms. The highest BCUT2D eigenvalue weighted by Crippen LogP contribution is 2.19. The van der Waals surface area contributed by atoms with Gasteiger partial charge < -0.3 is 10.4 Å². The van der Waals surface area contributed by atoms with Gasteiger partial charge in [-0.2, -0.15) is 0 Å². The van der Waals surface area contributed by atoms with Gasteiger partial charge in [0.05, 0.1) is 11.2 Å². The minimum Gasteiger partial charge on any atom is -0.479 e. The van der Waals surface area contributed by atoms with E-state index in [9.17, 15) is 14.7 Å². The molecule has 0 fully saturated rings. The van der Waals surface area contributed by atoms with E-state index in [1.165, 1.54) is 17.5 Å². The Bertz CT molecular complexity index is 670. The number of benzene rings is 1. The maximum absolute atomic E-state index is 12.2. The molecule has 1 aromatic carbocycles. The van der Waals surface area contributed by atoms with Crippen LogP contribution >= 0.6 is 22.9 Å². The number of aryl methyl sites for hydroxylation is 1. The van der Waals surface area contributed by atoms with Crippen LogP contribution in [-0.4, -0.2) is 22.0 Å². The van der Waals surface area contributed by atoms with Crippen LogP contribution in [0.25, 0.3) is 0 Å². The van der Waals surface area contributed by atoms with Crippen LogP contribution in [0.15, 0.2) is 30.5 Å². The van der Waals surface area contributed by atoms with Crippen LogP contribution < -0.4 is 5.32 Å². The lowest BCUT2D eigenvalue weighted by Crippen LogP contribution is -2.33. The lowest BCUT2D eigenvalue weighted by Gasteiger charge is -2.14. The van der Waals surface area contributed by atoms with E-state index in [1.807, 2.05) is 6.92 Å². The minimum atomic E-state index is -1.13. The molecule has 0 bridgehead atoms. The number of carbonyl (C=O) groups excluding carboxylic acids is 1. The Balaban J connectivity index is 2.14. The van der Waals surface area contributed by atoms with Gasteiger partial charge in [0.2, 0.25) is 0 Å². The number of hydrogen-bond acceptors (Lipinski definition) is 4. The second-order valence-electron chi connectivity index (χ2n) is 4.66. The molecule has 1 atom stereocenters. The summed E-state index contributed by atoms with van der Waals surface area (Å²) in [5, 5.41) is 13.2. The Labute approximate surface area is 137 Å². The Hall–Kier alpha value is -1.92. The number of carbonyl (C=O) groups is 2. The molecule has 1 amide bonds. The number of aromatic nitrogens is 1. The first kappa shape index (κ1) is 16.5. The number of hydrogen-bond donors (Lipinski definition) is 2. The molecule has 116 valence electrons. The molecule has 22 heavy (non-hydrogen) atoms. The first-order valence-corrected chi connectivity index (χ1v) is 7.94. The SMILES string of the molecule is CCCc1ncc(C(=O)NC(C(=O)O)c2ccc(Cl)cc2)s1. The third-order valence-corrected chi connectivity index (χ3v) is 4.27. The molecule has 0 aliphatic rings.